The van der Waals surface area contributed by atoms with E-state index in [2.05, 4.69) is 20.9 Å². The van der Waals surface area contributed by atoms with Crippen LogP contribution >= 0.6 is 0 Å². The van der Waals surface area contributed by atoms with Gasteiger partial charge in [-0.25, -0.2) is 4.79 Å². The van der Waals surface area contributed by atoms with Crippen molar-refractivity contribution in [2.24, 2.45) is 5.92 Å². The highest BCUT2D eigenvalue weighted by Crippen LogP contribution is 2.15. The zero-order chi connectivity index (χ0) is 14.3. The molecule has 0 aromatic heterocycles. The molecule has 0 radical (unpaired) electrons. The van der Waals surface area contributed by atoms with Crippen molar-refractivity contribution in [3.8, 4) is 0 Å². The van der Waals surface area contributed by atoms with Crippen LogP contribution in [-0.2, 0) is 4.79 Å². The van der Waals surface area contributed by atoms with E-state index in [0.29, 0.717) is 25.0 Å². The Hall–Kier alpha value is -1.14. The Balaban J connectivity index is 2.28. The van der Waals surface area contributed by atoms with E-state index < -0.39 is 6.03 Å². The van der Waals surface area contributed by atoms with Crippen LogP contribution in [0.4, 0.5) is 4.79 Å². The second-order valence-corrected chi connectivity index (χ2v) is 5.48. The van der Waals surface area contributed by atoms with Crippen molar-refractivity contribution in [3.63, 3.8) is 0 Å². The fraction of sp³-hybridized carbons (Fsp3) is 0.846. The lowest BCUT2D eigenvalue weighted by Gasteiger charge is -2.23. The highest BCUT2D eigenvalue weighted by atomic mass is 16.2. The van der Waals surface area contributed by atoms with Crippen molar-refractivity contribution in [2.75, 3.05) is 33.2 Å². The summed E-state index contributed by atoms with van der Waals surface area (Å²) in [5.41, 5.74) is 0. The van der Waals surface area contributed by atoms with Crippen LogP contribution in [0.5, 0.6) is 0 Å². The van der Waals surface area contributed by atoms with E-state index in [1.54, 1.807) is 0 Å². The second-order valence-electron chi connectivity index (χ2n) is 5.48. The molecule has 6 heteroatoms. The predicted molar refractivity (Wildman–Crippen MR) is 74.9 cm³/mol. The number of nitrogens with one attached hydrogen (secondary N) is 3. The smallest absolute Gasteiger partial charge is 0.321 e. The second kappa shape index (κ2) is 8.12. The molecule has 0 saturated carbocycles. The first-order valence-corrected chi connectivity index (χ1v) is 6.99. The highest BCUT2D eigenvalue weighted by molar-refractivity contribution is 5.95. The van der Waals surface area contributed by atoms with Crippen molar-refractivity contribution in [1.82, 2.24) is 20.9 Å². The molecule has 0 aromatic carbocycles. The first-order chi connectivity index (χ1) is 9.02. The summed E-state index contributed by atoms with van der Waals surface area (Å²) >= 11 is 0. The third-order valence-corrected chi connectivity index (χ3v) is 3.21. The summed E-state index contributed by atoms with van der Waals surface area (Å²) in [4.78, 5) is 25.4. The summed E-state index contributed by atoms with van der Waals surface area (Å²) in [6.07, 6.45) is 2.22. The largest absolute Gasteiger partial charge is 0.338 e. The lowest BCUT2D eigenvalue weighted by atomic mass is 10.2. The third kappa shape index (κ3) is 6.02. The Morgan fingerprint density at radius 3 is 2.74 bits per heavy atom. The molecule has 0 bridgehead atoms. The van der Waals surface area contributed by atoms with Gasteiger partial charge in [-0.3, -0.25) is 15.0 Å². The molecule has 110 valence electrons. The minimum atomic E-state index is -0.400. The summed E-state index contributed by atoms with van der Waals surface area (Å²) in [6, 6.07) is -0.00228. The molecule has 3 N–H and O–H groups in total. The van der Waals surface area contributed by atoms with Gasteiger partial charge in [0, 0.05) is 19.1 Å². The molecule has 1 fully saturated rings. The molecule has 19 heavy (non-hydrogen) atoms. The zero-order valence-electron chi connectivity index (χ0n) is 12.2. The Morgan fingerprint density at radius 1 is 1.37 bits per heavy atom. The zero-order valence-corrected chi connectivity index (χ0v) is 12.2. The van der Waals surface area contributed by atoms with E-state index in [1.165, 1.54) is 0 Å². The predicted octanol–water partition coefficient (Wildman–Crippen LogP) is 0.152. The van der Waals surface area contributed by atoms with E-state index in [0.717, 1.165) is 25.9 Å². The number of nitrogens with zero attached hydrogens (tertiary/aromatic N) is 1. The molecule has 1 aliphatic rings. The number of likely N-dealkylation sites (tertiary alicyclic amines) is 1. The number of carbonyl (C=O) groups is 2. The third-order valence-electron chi connectivity index (χ3n) is 3.21. The van der Waals surface area contributed by atoms with Crippen molar-refractivity contribution >= 4 is 11.9 Å². The maximum atomic E-state index is 11.8. The van der Waals surface area contributed by atoms with Crippen LogP contribution in [0.25, 0.3) is 0 Å². The van der Waals surface area contributed by atoms with Gasteiger partial charge >= 0.3 is 6.03 Å². The number of urea groups is 1. The molecule has 1 unspecified atom stereocenters. The van der Waals surface area contributed by atoms with Gasteiger partial charge in [0.2, 0.25) is 5.91 Å². The van der Waals surface area contributed by atoms with Gasteiger partial charge in [0.15, 0.2) is 0 Å². The number of likely N-dealkylation sites (N-methyl/N-ethyl adjacent to an activating group) is 1. The van der Waals surface area contributed by atoms with Crippen molar-refractivity contribution in [2.45, 2.75) is 32.7 Å². The minimum Gasteiger partial charge on any atom is -0.338 e. The van der Waals surface area contributed by atoms with E-state index >= 15 is 0 Å². The Kier molecular flexibility index (Phi) is 6.80. The molecule has 1 saturated heterocycles. The van der Waals surface area contributed by atoms with Gasteiger partial charge in [-0.15, -0.1) is 0 Å². The summed E-state index contributed by atoms with van der Waals surface area (Å²) < 4.78 is 0. The van der Waals surface area contributed by atoms with Gasteiger partial charge in [0.1, 0.15) is 0 Å². The first-order valence-electron chi connectivity index (χ1n) is 6.99. The molecule has 1 heterocycles. The summed E-state index contributed by atoms with van der Waals surface area (Å²) in [7, 11) is 1.91. The van der Waals surface area contributed by atoms with E-state index in [-0.39, 0.29) is 5.91 Å². The van der Waals surface area contributed by atoms with Gasteiger partial charge in [-0.2, -0.15) is 0 Å². The Morgan fingerprint density at radius 2 is 2.11 bits per heavy atom. The normalized spacial score (nSPS) is 19.7. The fourth-order valence-corrected chi connectivity index (χ4v) is 2.26. The van der Waals surface area contributed by atoms with Crippen molar-refractivity contribution in [1.29, 1.82) is 0 Å². The molecule has 0 aromatic rings. The first kappa shape index (κ1) is 15.9. The minimum absolute atomic E-state index is 0.232. The highest BCUT2D eigenvalue weighted by Gasteiger charge is 2.25. The Bertz CT molecular complexity index is 307. The van der Waals surface area contributed by atoms with Crippen LogP contribution in [0.15, 0.2) is 0 Å². The van der Waals surface area contributed by atoms with Crippen LogP contribution in [0.2, 0.25) is 0 Å². The topological polar surface area (TPSA) is 73.5 Å². The molecular formula is C13H26N4O2. The van der Waals surface area contributed by atoms with Crippen LogP contribution < -0.4 is 16.0 Å². The van der Waals surface area contributed by atoms with E-state index in [9.17, 15) is 9.59 Å². The van der Waals surface area contributed by atoms with Crippen LogP contribution in [-0.4, -0.2) is 56.1 Å². The van der Waals surface area contributed by atoms with Gasteiger partial charge in [0.25, 0.3) is 0 Å². The van der Waals surface area contributed by atoms with Gasteiger partial charge in [0.05, 0.1) is 6.54 Å². The van der Waals surface area contributed by atoms with Gasteiger partial charge in [-0.1, -0.05) is 13.8 Å². The molecule has 1 aliphatic heterocycles. The van der Waals surface area contributed by atoms with Crippen molar-refractivity contribution < 1.29 is 9.59 Å². The molecule has 1 rings (SSSR count). The lowest BCUT2D eigenvalue weighted by molar-refractivity contribution is -0.121. The van der Waals surface area contributed by atoms with Gasteiger partial charge in [-0.05, 0) is 32.4 Å². The molecule has 6 nitrogen and oxygen atoms in total. The number of hydrogen-bond acceptors (Lipinski definition) is 4. The van der Waals surface area contributed by atoms with E-state index in [4.69, 9.17) is 0 Å². The monoisotopic (exact) mass is 270 g/mol. The number of rotatable bonds is 6. The average molecular weight is 270 g/mol. The fourth-order valence-electron chi connectivity index (χ4n) is 2.26. The molecule has 0 aliphatic carbocycles. The van der Waals surface area contributed by atoms with E-state index in [1.807, 2.05) is 20.9 Å². The van der Waals surface area contributed by atoms with Gasteiger partial charge < -0.3 is 10.6 Å². The number of hydrogen-bond donors (Lipinski definition) is 3. The molecular weight excluding hydrogens is 244 g/mol. The Labute approximate surface area is 115 Å². The summed E-state index contributed by atoms with van der Waals surface area (Å²) in [6.45, 7) is 6.69. The standard InChI is InChI=1S/C13H26N4O2/c1-10(2)7-15-13(19)16-12(18)9-17-6-4-5-11(17)8-14-3/h10-11,14H,4-9H2,1-3H3,(H2,15,16,18,19). The molecule has 3 amide bonds. The average Bonchev–Trinajstić information content (AvgIpc) is 2.74. The SMILES string of the molecule is CNCC1CCCN1CC(=O)NC(=O)NCC(C)C. The molecule has 0 spiro atoms. The summed E-state index contributed by atoms with van der Waals surface area (Å²) in [5.74, 6) is 0.142. The number of carbonyl (C=O) groups excluding carboxylic acids is 2. The quantitative estimate of drug-likeness (QED) is 0.642. The van der Waals surface area contributed by atoms with Crippen LogP contribution in [0.3, 0.4) is 0 Å². The lowest BCUT2D eigenvalue weighted by Crippen LogP contribution is -2.47. The van der Waals surface area contributed by atoms with Crippen LogP contribution in [0.1, 0.15) is 26.7 Å². The maximum Gasteiger partial charge on any atom is 0.321 e. The van der Waals surface area contributed by atoms with Crippen molar-refractivity contribution in [3.05, 3.63) is 0 Å². The summed E-state index contributed by atoms with van der Waals surface area (Å²) in [5, 5.41) is 8.18. The number of amides is 3. The van der Waals surface area contributed by atoms with Crippen LogP contribution in [0, 0.1) is 5.92 Å². The number of imide groups is 1. The molecule has 1 atom stereocenters. The maximum absolute atomic E-state index is 11.8.